The zero-order valence-electron chi connectivity index (χ0n) is 13.3. The minimum atomic E-state index is -0.777. The fraction of sp³-hybridized carbons (Fsp3) is 0.412. The van der Waals surface area contributed by atoms with Gasteiger partial charge in [0, 0.05) is 24.2 Å². The number of hydrogen-bond donors (Lipinski definition) is 2. The Labute approximate surface area is 134 Å². The molecule has 0 spiro atoms. The minimum Gasteiger partial charge on any atom is -0.481 e. The van der Waals surface area contributed by atoms with Crippen molar-refractivity contribution in [2.45, 2.75) is 26.7 Å². The molecule has 0 bridgehead atoms. The molecular weight excluding hydrogens is 296 g/mol. The van der Waals surface area contributed by atoms with Gasteiger partial charge in [-0.2, -0.15) is 0 Å². The first-order chi connectivity index (χ1) is 11.0. The molecule has 1 aromatic heterocycles. The predicted octanol–water partition coefficient (Wildman–Crippen LogP) is 3.38. The van der Waals surface area contributed by atoms with Gasteiger partial charge in [0.1, 0.15) is 11.3 Å². The van der Waals surface area contributed by atoms with E-state index >= 15 is 0 Å². The first-order valence-corrected chi connectivity index (χ1v) is 7.74. The second-order valence-electron chi connectivity index (χ2n) is 6.02. The van der Waals surface area contributed by atoms with Crippen LogP contribution in [0.25, 0.3) is 11.0 Å². The number of nitrogens with one attached hydrogen (secondary N) is 1. The van der Waals surface area contributed by atoms with Crippen LogP contribution < -0.4 is 5.32 Å². The Kier molecular flexibility index (Phi) is 3.98. The number of carbonyl (C=O) groups is 2. The molecular formula is C17H20N2O4. The highest BCUT2D eigenvalue weighted by molar-refractivity contribution is 5.93. The van der Waals surface area contributed by atoms with Gasteiger partial charge in [0.25, 0.3) is 0 Å². The second-order valence-corrected chi connectivity index (χ2v) is 6.02. The number of urea groups is 1. The lowest BCUT2D eigenvalue weighted by molar-refractivity contribution is -0.143. The number of benzene rings is 1. The molecule has 1 aliphatic heterocycles. The number of furan rings is 1. The molecule has 6 heteroatoms. The molecule has 1 fully saturated rings. The quantitative estimate of drug-likeness (QED) is 0.889. The Morgan fingerprint density at radius 3 is 2.61 bits per heavy atom. The number of carbonyl (C=O) groups excluding carboxylic acids is 1. The lowest BCUT2D eigenvalue weighted by Gasteiger charge is -2.30. The molecule has 2 N–H and O–H groups in total. The average Bonchev–Trinajstić information content (AvgIpc) is 2.82. The normalized spacial score (nSPS) is 15.8. The summed E-state index contributed by atoms with van der Waals surface area (Å²) >= 11 is 0. The van der Waals surface area contributed by atoms with Crippen LogP contribution >= 0.6 is 0 Å². The molecule has 0 radical (unpaired) electrons. The van der Waals surface area contributed by atoms with Crippen molar-refractivity contribution in [2.75, 3.05) is 18.4 Å². The van der Waals surface area contributed by atoms with Crippen molar-refractivity contribution in [1.82, 2.24) is 4.90 Å². The van der Waals surface area contributed by atoms with E-state index in [1.807, 2.05) is 32.0 Å². The zero-order valence-corrected chi connectivity index (χ0v) is 13.3. The molecule has 1 aliphatic rings. The van der Waals surface area contributed by atoms with E-state index in [1.54, 1.807) is 4.90 Å². The minimum absolute atomic E-state index is 0.189. The molecule has 2 heterocycles. The molecule has 0 saturated carbocycles. The number of likely N-dealkylation sites (tertiary alicyclic amines) is 1. The number of carboxylic acids is 1. The molecule has 2 aromatic rings. The summed E-state index contributed by atoms with van der Waals surface area (Å²) in [6.45, 7) is 4.84. The van der Waals surface area contributed by atoms with Crippen molar-refractivity contribution in [1.29, 1.82) is 0 Å². The standard InChI is InChI=1S/C17H20N2O4/c1-10-11(2)23-15-4-3-13(9-14(10)15)18-17(22)19-7-5-12(6-8-19)16(20)21/h3-4,9,12H,5-8H2,1-2H3,(H,18,22)(H,20,21). The number of nitrogens with zero attached hydrogens (tertiary/aromatic N) is 1. The summed E-state index contributed by atoms with van der Waals surface area (Å²) in [5, 5.41) is 12.9. The van der Waals surface area contributed by atoms with Crippen molar-refractivity contribution in [3.63, 3.8) is 0 Å². The summed E-state index contributed by atoms with van der Waals surface area (Å²) in [5.74, 6) is -0.243. The van der Waals surface area contributed by atoms with E-state index in [1.165, 1.54) is 0 Å². The van der Waals surface area contributed by atoms with E-state index in [2.05, 4.69) is 5.32 Å². The monoisotopic (exact) mass is 316 g/mol. The highest BCUT2D eigenvalue weighted by Gasteiger charge is 2.27. The number of hydrogen-bond acceptors (Lipinski definition) is 3. The van der Waals surface area contributed by atoms with Crippen LogP contribution in [0.4, 0.5) is 10.5 Å². The molecule has 3 rings (SSSR count). The number of piperidine rings is 1. The van der Waals surface area contributed by atoms with Crippen LogP contribution in [0.3, 0.4) is 0 Å². The molecule has 23 heavy (non-hydrogen) atoms. The SMILES string of the molecule is Cc1oc2ccc(NC(=O)N3CCC(C(=O)O)CC3)cc2c1C. The smallest absolute Gasteiger partial charge is 0.321 e. The van der Waals surface area contributed by atoms with Crippen molar-refractivity contribution in [3.05, 3.63) is 29.5 Å². The van der Waals surface area contributed by atoms with Gasteiger partial charge >= 0.3 is 12.0 Å². The molecule has 0 atom stereocenters. The third-order valence-electron chi connectivity index (χ3n) is 4.56. The third-order valence-corrected chi connectivity index (χ3v) is 4.56. The maximum atomic E-state index is 12.3. The van der Waals surface area contributed by atoms with E-state index in [0.29, 0.717) is 31.6 Å². The van der Waals surface area contributed by atoms with E-state index in [0.717, 1.165) is 22.3 Å². The van der Waals surface area contributed by atoms with Crippen LogP contribution in [0.5, 0.6) is 0 Å². The van der Waals surface area contributed by atoms with Crippen LogP contribution in [-0.4, -0.2) is 35.1 Å². The van der Waals surface area contributed by atoms with E-state index in [9.17, 15) is 9.59 Å². The molecule has 0 aliphatic carbocycles. The Balaban J connectivity index is 1.68. The van der Waals surface area contributed by atoms with Crippen molar-refractivity contribution in [2.24, 2.45) is 5.92 Å². The highest BCUT2D eigenvalue weighted by atomic mass is 16.4. The van der Waals surface area contributed by atoms with E-state index in [-0.39, 0.29) is 11.9 Å². The van der Waals surface area contributed by atoms with Gasteiger partial charge in [0.15, 0.2) is 0 Å². The van der Waals surface area contributed by atoms with Crippen LogP contribution in [0.15, 0.2) is 22.6 Å². The first-order valence-electron chi connectivity index (χ1n) is 7.74. The van der Waals surface area contributed by atoms with Gasteiger partial charge in [0.05, 0.1) is 5.92 Å². The largest absolute Gasteiger partial charge is 0.481 e. The fourth-order valence-corrected chi connectivity index (χ4v) is 2.95. The zero-order chi connectivity index (χ0) is 16.6. The summed E-state index contributed by atoms with van der Waals surface area (Å²) in [4.78, 5) is 24.9. The summed E-state index contributed by atoms with van der Waals surface area (Å²) < 4.78 is 5.63. The molecule has 6 nitrogen and oxygen atoms in total. The summed E-state index contributed by atoms with van der Waals surface area (Å²) in [7, 11) is 0. The van der Waals surface area contributed by atoms with Crippen LogP contribution in [0.2, 0.25) is 0 Å². The van der Waals surface area contributed by atoms with Crippen LogP contribution in [-0.2, 0) is 4.79 Å². The van der Waals surface area contributed by atoms with Gasteiger partial charge < -0.3 is 19.7 Å². The number of aliphatic carboxylic acids is 1. The van der Waals surface area contributed by atoms with Crippen molar-refractivity contribution in [3.8, 4) is 0 Å². The average molecular weight is 316 g/mol. The van der Waals surface area contributed by atoms with E-state index < -0.39 is 5.97 Å². The van der Waals surface area contributed by atoms with E-state index in [4.69, 9.17) is 9.52 Å². The first kappa shape index (κ1) is 15.4. The van der Waals surface area contributed by atoms with Crippen molar-refractivity contribution >= 4 is 28.7 Å². The maximum Gasteiger partial charge on any atom is 0.321 e. The second kappa shape index (κ2) is 5.95. The summed E-state index contributed by atoms with van der Waals surface area (Å²) in [6, 6.07) is 5.38. The molecule has 2 amide bonds. The Morgan fingerprint density at radius 1 is 1.26 bits per heavy atom. The predicted molar refractivity (Wildman–Crippen MR) is 86.6 cm³/mol. The Morgan fingerprint density at radius 2 is 1.96 bits per heavy atom. The van der Waals surface area contributed by atoms with Gasteiger partial charge in [-0.05, 0) is 50.5 Å². The number of rotatable bonds is 2. The highest BCUT2D eigenvalue weighted by Crippen LogP contribution is 2.27. The van der Waals surface area contributed by atoms with Gasteiger partial charge in [-0.15, -0.1) is 0 Å². The fourth-order valence-electron chi connectivity index (χ4n) is 2.95. The third kappa shape index (κ3) is 3.02. The number of carboxylic acid groups (broad SMARTS) is 1. The molecule has 0 unspecified atom stereocenters. The molecule has 1 saturated heterocycles. The van der Waals surface area contributed by atoms with Gasteiger partial charge in [-0.3, -0.25) is 4.79 Å². The van der Waals surface area contributed by atoms with Crippen LogP contribution in [0.1, 0.15) is 24.2 Å². The van der Waals surface area contributed by atoms with Gasteiger partial charge in [-0.1, -0.05) is 0 Å². The van der Waals surface area contributed by atoms with Crippen LogP contribution in [0, 0.1) is 19.8 Å². The lowest BCUT2D eigenvalue weighted by atomic mass is 9.97. The van der Waals surface area contributed by atoms with Crippen molar-refractivity contribution < 1.29 is 19.1 Å². The number of amides is 2. The number of aryl methyl sites for hydroxylation is 2. The number of anilines is 1. The van der Waals surface area contributed by atoms with Gasteiger partial charge in [0.2, 0.25) is 0 Å². The lowest BCUT2D eigenvalue weighted by Crippen LogP contribution is -2.42. The molecule has 1 aromatic carbocycles. The Hall–Kier alpha value is -2.50. The van der Waals surface area contributed by atoms with Gasteiger partial charge in [-0.25, -0.2) is 4.79 Å². The topological polar surface area (TPSA) is 82.8 Å². The molecule has 122 valence electrons. The number of fused-ring (bicyclic) bond motifs is 1. The Bertz CT molecular complexity index is 757. The summed E-state index contributed by atoms with van der Waals surface area (Å²) in [5.41, 5.74) is 2.59. The maximum absolute atomic E-state index is 12.3. The summed E-state index contributed by atoms with van der Waals surface area (Å²) in [6.07, 6.45) is 1.00.